The summed E-state index contributed by atoms with van der Waals surface area (Å²) in [5, 5.41) is 2.15. The molecule has 0 amide bonds. The highest BCUT2D eigenvalue weighted by molar-refractivity contribution is 5.98. The lowest BCUT2D eigenvalue weighted by Gasteiger charge is -2.19. The number of esters is 1. The predicted molar refractivity (Wildman–Crippen MR) is 140 cm³/mol. The zero-order chi connectivity index (χ0) is 24.2. The van der Waals surface area contributed by atoms with E-state index in [-0.39, 0.29) is 5.97 Å². The molecule has 0 unspecified atom stereocenters. The molecular weight excluding hydrogens is 436 g/mol. The Balaban J connectivity index is 1.58. The summed E-state index contributed by atoms with van der Waals surface area (Å²) in [6, 6.07) is 26.6. The Morgan fingerprint density at radius 1 is 0.943 bits per heavy atom. The summed E-state index contributed by atoms with van der Waals surface area (Å²) in [4.78, 5) is 11.6. The van der Waals surface area contributed by atoms with Crippen molar-refractivity contribution in [2.45, 2.75) is 25.7 Å². The molecule has 1 aliphatic carbocycles. The highest BCUT2D eigenvalue weighted by atomic mass is 16.5. The lowest BCUT2D eigenvalue weighted by molar-refractivity contribution is -0.137. The zero-order valence-electron chi connectivity index (χ0n) is 20.0. The minimum Gasteiger partial charge on any atom is -0.497 e. The summed E-state index contributed by atoms with van der Waals surface area (Å²) < 4.78 is 17.1. The number of carbonyl (C=O) groups is 1. The van der Waals surface area contributed by atoms with Crippen LogP contribution in [0.3, 0.4) is 0 Å². The van der Waals surface area contributed by atoms with E-state index in [4.69, 9.17) is 14.2 Å². The summed E-state index contributed by atoms with van der Waals surface area (Å²) in [6.45, 7) is 2.15. The first-order valence-corrected chi connectivity index (χ1v) is 12.0. The average Bonchev–Trinajstić information content (AvgIpc) is 3.74. The molecule has 1 aliphatic rings. The van der Waals surface area contributed by atoms with Gasteiger partial charge in [0.05, 0.1) is 13.7 Å². The van der Waals surface area contributed by atoms with Gasteiger partial charge >= 0.3 is 5.97 Å². The number of hydrogen-bond donors (Lipinski definition) is 0. The quantitative estimate of drug-likeness (QED) is 0.197. The van der Waals surface area contributed by atoms with Gasteiger partial charge in [0.2, 0.25) is 0 Å². The molecule has 0 aromatic heterocycles. The third-order valence-corrected chi connectivity index (χ3v) is 6.21. The maximum Gasteiger partial charge on any atom is 0.330 e. The molecule has 0 heterocycles. The second-order valence-electron chi connectivity index (χ2n) is 8.65. The molecule has 0 bridgehead atoms. The van der Waals surface area contributed by atoms with Crippen LogP contribution in [0.4, 0.5) is 0 Å². The van der Waals surface area contributed by atoms with Gasteiger partial charge in [0.15, 0.2) is 0 Å². The van der Waals surface area contributed by atoms with Gasteiger partial charge < -0.3 is 14.2 Å². The van der Waals surface area contributed by atoms with Crippen molar-refractivity contribution in [3.8, 4) is 28.4 Å². The standard InChI is InChI=1S/C31H28O4/c1-3-34-29(32)18-11-21-9-14-25(15-10-21)35-31-27-17-16-26(33-2)19-24(27)20-28(22-12-13-22)30(31)23-7-5-4-6-8-23/h4-11,14-20,22H,3,12-13H2,1-2H3. The van der Waals surface area contributed by atoms with E-state index in [1.807, 2.05) is 36.4 Å². The SMILES string of the molecule is CCOC(=O)C=Cc1ccc(Oc2c(-c3ccccc3)c(C3CC3)cc3cc(OC)ccc23)cc1. The molecular formula is C31H28O4. The topological polar surface area (TPSA) is 44.8 Å². The lowest BCUT2D eigenvalue weighted by Crippen LogP contribution is -1.98. The van der Waals surface area contributed by atoms with Crippen LogP contribution in [0.2, 0.25) is 0 Å². The largest absolute Gasteiger partial charge is 0.497 e. The van der Waals surface area contributed by atoms with Crippen LogP contribution in [0.5, 0.6) is 17.2 Å². The normalized spacial score (nSPS) is 13.2. The van der Waals surface area contributed by atoms with Crippen LogP contribution in [0, 0.1) is 0 Å². The molecule has 0 N–H and O–H groups in total. The fourth-order valence-corrected chi connectivity index (χ4v) is 4.34. The molecule has 0 radical (unpaired) electrons. The van der Waals surface area contributed by atoms with Gasteiger partial charge in [0.25, 0.3) is 0 Å². The average molecular weight is 465 g/mol. The molecule has 4 aromatic rings. The molecule has 4 heteroatoms. The van der Waals surface area contributed by atoms with Crippen LogP contribution in [0.25, 0.3) is 28.0 Å². The molecule has 35 heavy (non-hydrogen) atoms. The van der Waals surface area contributed by atoms with Crippen molar-refractivity contribution in [3.05, 3.63) is 96.1 Å². The second-order valence-corrected chi connectivity index (χ2v) is 8.65. The molecule has 176 valence electrons. The zero-order valence-corrected chi connectivity index (χ0v) is 20.0. The highest BCUT2D eigenvalue weighted by Crippen LogP contribution is 2.51. The van der Waals surface area contributed by atoms with Crippen LogP contribution in [0.15, 0.2) is 84.9 Å². The lowest BCUT2D eigenvalue weighted by atomic mass is 9.91. The molecule has 4 nitrogen and oxygen atoms in total. The molecule has 0 spiro atoms. The third-order valence-electron chi connectivity index (χ3n) is 6.21. The Hall–Kier alpha value is -4.05. The van der Waals surface area contributed by atoms with Gasteiger partial charge in [-0.2, -0.15) is 0 Å². The number of fused-ring (bicyclic) bond motifs is 1. The van der Waals surface area contributed by atoms with Crippen LogP contribution in [-0.2, 0) is 9.53 Å². The van der Waals surface area contributed by atoms with Gasteiger partial charge in [0, 0.05) is 17.0 Å². The summed E-state index contributed by atoms with van der Waals surface area (Å²) in [7, 11) is 1.69. The highest BCUT2D eigenvalue weighted by Gasteiger charge is 2.29. The molecule has 1 fully saturated rings. The van der Waals surface area contributed by atoms with Gasteiger partial charge in [-0.15, -0.1) is 0 Å². The summed E-state index contributed by atoms with van der Waals surface area (Å²) in [5.74, 6) is 2.61. The summed E-state index contributed by atoms with van der Waals surface area (Å²) in [6.07, 6.45) is 5.56. The number of benzene rings is 4. The second kappa shape index (κ2) is 10.1. The first-order chi connectivity index (χ1) is 17.2. The van der Waals surface area contributed by atoms with Crippen molar-refractivity contribution < 1.29 is 19.0 Å². The molecule has 0 atom stereocenters. The molecule has 0 aliphatic heterocycles. The van der Waals surface area contributed by atoms with E-state index in [9.17, 15) is 4.79 Å². The van der Waals surface area contributed by atoms with E-state index in [1.54, 1.807) is 20.1 Å². The molecule has 4 aromatic carbocycles. The number of methoxy groups -OCH3 is 1. The van der Waals surface area contributed by atoms with Crippen LogP contribution >= 0.6 is 0 Å². The number of carbonyl (C=O) groups excluding carboxylic acids is 1. The van der Waals surface area contributed by atoms with E-state index in [0.717, 1.165) is 44.7 Å². The Morgan fingerprint density at radius 3 is 2.37 bits per heavy atom. The van der Waals surface area contributed by atoms with Crippen molar-refractivity contribution in [2.75, 3.05) is 13.7 Å². The van der Waals surface area contributed by atoms with Crippen LogP contribution < -0.4 is 9.47 Å². The van der Waals surface area contributed by atoms with Gasteiger partial charge in [0.1, 0.15) is 17.2 Å². The van der Waals surface area contributed by atoms with Crippen molar-refractivity contribution in [2.24, 2.45) is 0 Å². The van der Waals surface area contributed by atoms with E-state index in [2.05, 4.69) is 42.5 Å². The smallest absolute Gasteiger partial charge is 0.330 e. The predicted octanol–water partition coefficient (Wildman–Crippen LogP) is 7.76. The van der Waals surface area contributed by atoms with Crippen molar-refractivity contribution in [3.63, 3.8) is 0 Å². The van der Waals surface area contributed by atoms with Crippen molar-refractivity contribution >= 4 is 22.8 Å². The van der Waals surface area contributed by atoms with Gasteiger partial charge in [-0.1, -0.05) is 42.5 Å². The van der Waals surface area contributed by atoms with Crippen LogP contribution in [0.1, 0.15) is 36.8 Å². The van der Waals surface area contributed by atoms with E-state index >= 15 is 0 Å². The Labute approximate surface area is 205 Å². The van der Waals surface area contributed by atoms with Crippen molar-refractivity contribution in [1.82, 2.24) is 0 Å². The summed E-state index contributed by atoms with van der Waals surface area (Å²) >= 11 is 0. The van der Waals surface area contributed by atoms with E-state index in [1.165, 1.54) is 24.5 Å². The first-order valence-electron chi connectivity index (χ1n) is 12.0. The van der Waals surface area contributed by atoms with Crippen molar-refractivity contribution in [1.29, 1.82) is 0 Å². The number of hydrogen-bond acceptors (Lipinski definition) is 4. The third kappa shape index (κ3) is 5.07. The fourth-order valence-electron chi connectivity index (χ4n) is 4.34. The Bertz CT molecular complexity index is 1370. The van der Waals surface area contributed by atoms with Gasteiger partial charge in [-0.05, 0) is 90.2 Å². The minimum atomic E-state index is -0.348. The molecule has 0 saturated heterocycles. The number of ether oxygens (including phenoxy) is 3. The van der Waals surface area contributed by atoms with E-state index < -0.39 is 0 Å². The number of rotatable bonds is 8. The van der Waals surface area contributed by atoms with Gasteiger partial charge in [-0.25, -0.2) is 4.79 Å². The monoisotopic (exact) mass is 464 g/mol. The van der Waals surface area contributed by atoms with Crippen LogP contribution in [-0.4, -0.2) is 19.7 Å². The Morgan fingerprint density at radius 2 is 1.69 bits per heavy atom. The molecule has 1 saturated carbocycles. The summed E-state index contributed by atoms with van der Waals surface area (Å²) in [5.41, 5.74) is 4.52. The Kier molecular flexibility index (Phi) is 6.53. The van der Waals surface area contributed by atoms with Gasteiger partial charge in [-0.3, -0.25) is 0 Å². The maximum atomic E-state index is 11.6. The first kappa shape index (κ1) is 22.7. The molecule has 5 rings (SSSR count). The fraction of sp³-hybridized carbons (Fsp3) is 0.194. The maximum absolute atomic E-state index is 11.6. The minimum absolute atomic E-state index is 0.348. The van der Waals surface area contributed by atoms with E-state index in [0.29, 0.717) is 12.5 Å².